The third kappa shape index (κ3) is 7.71. The van der Waals surface area contributed by atoms with Crippen LogP contribution in [0, 0.1) is 0 Å². The molecule has 0 aromatic heterocycles. The van der Waals surface area contributed by atoms with E-state index >= 15 is 0 Å². The molecular weight excluding hydrogens is 407 g/mol. The quantitative estimate of drug-likeness (QED) is 0.596. The molecule has 0 spiro atoms. The van der Waals surface area contributed by atoms with Gasteiger partial charge in [-0.25, -0.2) is 4.79 Å². The van der Waals surface area contributed by atoms with Crippen LogP contribution in [0.25, 0.3) is 0 Å². The maximum absolute atomic E-state index is 12.1. The number of carbonyl (C=O) groups is 2. The molecule has 0 radical (unpaired) electrons. The minimum atomic E-state index is -0.292. The largest absolute Gasteiger partial charge is 0.468 e. The second kappa shape index (κ2) is 11.1. The number of carbonyl (C=O) groups excluding carboxylic acids is 2. The molecule has 0 aliphatic heterocycles. The standard InChI is InChI=1S/C19H20Cl2N2O3S/c1-26-18(24)12-27-11-13-3-2-4-16(9-13)23-19(25)22-8-7-14-5-6-15(20)10-17(14)21/h2-6,9-10H,7-8,11-12H2,1H3,(H2,22,23,25). The first-order valence-electron chi connectivity index (χ1n) is 8.20. The molecule has 2 N–H and O–H groups in total. The van der Waals surface area contributed by atoms with Crippen LogP contribution < -0.4 is 10.6 Å². The summed E-state index contributed by atoms with van der Waals surface area (Å²) in [4.78, 5) is 23.2. The van der Waals surface area contributed by atoms with E-state index < -0.39 is 0 Å². The van der Waals surface area contributed by atoms with Gasteiger partial charge >= 0.3 is 12.0 Å². The van der Waals surface area contributed by atoms with Gasteiger partial charge in [0.1, 0.15) is 0 Å². The van der Waals surface area contributed by atoms with Crippen molar-refractivity contribution in [1.82, 2.24) is 5.32 Å². The lowest BCUT2D eigenvalue weighted by molar-refractivity contribution is -0.137. The molecule has 5 nitrogen and oxygen atoms in total. The fourth-order valence-electron chi connectivity index (χ4n) is 2.26. The Bertz CT molecular complexity index is 802. The zero-order valence-electron chi connectivity index (χ0n) is 14.8. The number of benzene rings is 2. The summed E-state index contributed by atoms with van der Waals surface area (Å²) in [6.45, 7) is 0.446. The summed E-state index contributed by atoms with van der Waals surface area (Å²) in [6.07, 6.45) is 0.605. The van der Waals surface area contributed by atoms with E-state index in [9.17, 15) is 9.59 Å². The number of anilines is 1. The highest BCUT2D eigenvalue weighted by Crippen LogP contribution is 2.21. The van der Waals surface area contributed by atoms with Crippen molar-refractivity contribution in [3.05, 3.63) is 63.6 Å². The summed E-state index contributed by atoms with van der Waals surface area (Å²) in [6, 6.07) is 12.5. The Morgan fingerprint density at radius 2 is 1.96 bits per heavy atom. The monoisotopic (exact) mass is 426 g/mol. The van der Waals surface area contributed by atoms with Crippen molar-refractivity contribution in [2.24, 2.45) is 0 Å². The molecular formula is C19H20Cl2N2O3S. The first-order chi connectivity index (χ1) is 13.0. The van der Waals surface area contributed by atoms with Crippen molar-refractivity contribution < 1.29 is 14.3 Å². The molecule has 2 aromatic rings. The molecule has 0 aliphatic carbocycles. The number of urea groups is 1. The second-order valence-electron chi connectivity index (χ2n) is 5.64. The van der Waals surface area contributed by atoms with Crippen LogP contribution in [0.3, 0.4) is 0 Å². The van der Waals surface area contributed by atoms with Crippen molar-refractivity contribution in [2.45, 2.75) is 12.2 Å². The van der Waals surface area contributed by atoms with Crippen molar-refractivity contribution in [3.8, 4) is 0 Å². The number of thioether (sulfide) groups is 1. The lowest BCUT2D eigenvalue weighted by atomic mass is 10.1. The highest BCUT2D eigenvalue weighted by Gasteiger charge is 2.06. The minimum Gasteiger partial charge on any atom is -0.468 e. The second-order valence-corrected chi connectivity index (χ2v) is 7.47. The number of amides is 2. The fraction of sp³-hybridized carbons (Fsp3) is 0.263. The summed E-state index contributed by atoms with van der Waals surface area (Å²) in [7, 11) is 1.37. The third-order valence-corrected chi connectivity index (χ3v) is 5.16. The normalized spacial score (nSPS) is 10.3. The van der Waals surface area contributed by atoms with Crippen LogP contribution in [0.5, 0.6) is 0 Å². The van der Waals surface area contributed by atoms with E-state index in [0.29, 0.717) is 40.2 Å². The first-order valence-corrected chi connectivity index (χ1v) is 10.1. The molecule has 27 heavy (non-hydrogen) atoms. The van der Waals surface area contributed by atoms with Gasteiger partial charge in [0.2, 0.25) is 0 Å². The average molecular weight is 427 g/mol. The van der Waals surface area contributed by atoms with Crippen molar-refractivity contribution in [1.29, 1.82) is 0 Å². The number of hydrogen-bond acceptors (Lipinski definition) is 4. The molecule has 144 valence electrons. The minimum absolute atomic E-state index is 0.255. The maximum atomic E-state index is 12.1. The first kappa shape index (κ1) is 21.4. The summed E-state index contributed by atoms with van der Waals surface area (Å²) >= 11 is 13.4. The van der Waals surface area contributed by atoms with E-state index in [2.05, 4.69) is 15.4 Å². The van der Waals surface area contributed by atoms with Gasteiger partial charge < -0.3 is 15.4 Å². The summed E-state index contributed by atoms with van der Waals surface area (Å²) < 4.78 is 4.61. The molecule has 0 saturated heterocycles. The molecule has 0 saturated carbocycles. The molecule has 0 aliphatic rings. The Hall–Kier alpha value is -1.89. The topological polar surface area (TPSA) is 67.4 Å². The van der Waals surface area contributed by atoms with Crippen LogP contribution in [0.4, 0.5) is 10.5 Å². The van der Waals surface area contributed by atoms with Crippen LogP contribution in [-0.2, 0) is 21.7 Å². The molecule has 0 heterocycles. The molecule has 2 aromatic carbocycles. The smallest absolute Gasteiger partial charge is 0.319 e. The molecule has 2 rings (SSSR count). The summed E-state index contributed by atoms with van der Waals surface area (Å²) in [5.74, 6) is 0.692. The van der Waals surface area contributed by atoms with Gasteiger partial charge in [0.05, 0.1) is 12.9 Å². The van der Waals surface area contributed by atoms with Gasteiger partial charge in [-0.05, 0) is 41.8 Å². The van der Waals surface area contributed by atoms with Gasteiger partial charge in [-0.15, -0.1) is 11.8 Å². The maximum Gasteiger partial charge on any atom is 0.319 e. The summed E-state index contributed by atoms with van der Waals surface area (Å²) in [5, 5.41) is 6.76. The zero-order valence-corrected chi connectivity index (χ0v) is 17.1. The van der Waals surface area contributed by atoms with Gasteiger partial charge in [0.15, 0.2) is 0 Å². The van der Waals surface area contributed by atoms with E-state index in [0.717, 1.165) is 11.1 Å². The number of methoxy groups -OCH3 is 1. The van der Waals surface area contributed by atoms with Crippen molar-refractivity contribution >= 4 is 52.7 Å². The third-order valence-electron chi connectivity index (χ3n) is 3.60. The van der Waals surface area contributed by atoms with Gasteiger partial charge in [0, 0.05) is 28.0 Å². The predicted molar refractivity (Wildman–Crippen MR) is 112 cm³/mol. The molecule has 0 atom stereocenters. The fourth-order valence-corrected chi connectivity index (χ4v) is 3.57. The number of hydrogen-bond donors (Lipinski definition) is 2. The molecule has 0 unspecified atom stereocenters. The number of nitrogens with one attached hydrogen (secondary N) is 2. The number of halogens is 2. The van der Waals surface area contributed by atoms with Crippen LogP contribution in [0.15, 0.2) is 42.5 Å². The Labute approximate surface area is 172 Å². The van der Waals surface area contributed by atoms with Crippen LogP contribution >= 0.6 is 35.0 Å². The Morgan fingerprint density at radius 3 is 2.70 bits per heavy atom. The molecule has 0 bridgehead atoms. The van der Waals surface area contributed by atoms with E-state index in [1.165, 1.54) is 18.9 Å². The van der Waals surface area contributed by atoms with Crippen molar-refractivity contribution in [3.63, 3.8) is 0 Å². The Balaban J connectivity index is 1.78. The Morgan fingerprint density at radius 1 is 1.15 bits per heavy atom. The summed E-state index contributed by atoms with van der Waals surface area (Å²) in [5.41, 5.74) is 2.62. The van der Waals surface area contributed by atoms with Crippen LogP contribution in [0.2, 0.25) is 10.0 Å². The lowest BCUT2D eigenvalue weighted by Gasteiger charge is -2.10. The van der Waals surface area contributed by atoms with E-state index in [-0.39, 0.29) is 12.0 Å². The number of ether oxygens (including phenoxy) is 1. The zero-order chi connectivity index (χ0) is 19.6. The van der Waals surface area contributed by atoms with E-state index in [1.54, 1.807) is 12.1 Å². The SMILES string of the molecule is COC(=O)CSCc1cccc(NC(=O)NCCc2ccc(Cl)cc2Cl)c1. The van der Waals surface area contributed by atoms with Crippen LogP contribution in [-0.4, -0.2) is 31.4 Å². The number of rotatable bonds is 8. The van der Waals surface area contributed by atoms with Gasteiger partial charge in [-0.3, -0.25) is 4.79 Å². The van der Waals surface area contributed by atoms with Gasteiger partial charge in [-0.1, -0.05) is 41.4 Å². The van der Waals surface area contributed by atoms with Gasteiger partial charge in [0.25, 0.3) is 0 Å². The highest BCUT2D eigenvalue weighted by atomic mass is 35.5. The average Bonchev–Trinajstić information content (AvgIpc) is 2.63. The predicted octanol–water partition coefficient (Wildman–Crippen LogP) is 4.76. The van der Waals surface area contributed by atoms with E-state index in [4.69, 9.17) is 23.2 Å². The van der Waals surface area contributed by atoms with Crippen molar-refractivity contribution in [2.75, 3.05) is 24.7 Å². The number of esters is 1. The molecule has 8 heteroatoms. The van der Waals surface area contributed by atoms with Crippen LogP contribution in [0.1, 0.15) is 11.1 Å². The van der Waals surface area contributed by atoms with E-state index in [1.807, 2.05) is 30.3 Å². The lowest BCUT2D eigenvalue weighted by Crippen LogP contribution is -2.30. The molecule has 2 amide bonds. The molecule has 0 fully saturated rings. The highest BCUT2D eigenvalue weighted by molar-refractivity contribution is 7.99. The van der Waals surface area contributed by atoms with Gasteiger partial charge in [-0.2, -0.15) is 0 Å². The Kier molecular flexibility index (Phi) is 8.78.